The maximum atomic E-state index is 12.4. The van der Waals surface area contributed by atoms with Crippen molar-refractivity contribution in [2.75, 3.05) is 18.5 Å². The number of hydrogen-bond donors (Lipinski definition) is 1. The molecule has 25 heavy (non-hydrogen) atoms. The number of nitrogens with one attached hydrogen (secondary N) is 1. The van der Waals surface area contributed by atoms with Gasteiger partial charge in [-0.05, 0) is 35.7 Å². The molecule has 0 saturated carbocycles. The Morgan fingerprint density at radius 3 is 2.80 bits per heavy atom. The molecule has 2 aromatic carbocycles. The van der Waals surface area contributed by atoms with Crippen LogP contribution in [0.2, 0.25) is 5.02 Å². The Balaban J connectivity index is 1.50. The lowest BCUT2D eigenvalue weighted by molar-refractivity contribution is -0.116. The van der Waals surface area contributed by atoms with Crippen molar-refractivity contribution in [2.45, 2.75) is 13.0 Å². The fourth-order valence-electron chi connectivity index (χ4n) is 2.89. The lowest BCUT2D eigenvalue weighted by Gasteiger charge is -2.11. The minimum Gasteiger partial charge on any atom is -0.490 e. The monoisotopic (exact) mass is 356 g/mol. The molecule has 0 unspecified atom stereocenters. The van der Waals surface area contributed by atoms with Crippen LogP contribution in [0.15, 0.2) is 48.7 Å². The Hall–Kier alpha value is -2.66. The smallest absolute Gasteiger partial charge is 0.244 e. The van der Waals surface area contributed by atoms with Gasteiger partial charge in [-0.25, -0.2) is 0 Å². The molecular weight excluding hydrogens is 340 g/mol. The Bertz CT molecular complexity index is 936. The van der Waals surface area contributed by atoms with Gasteiger partial charge in [-0.2, -0.15) is 0 Å². The number of carbonyl (C=O) groups excluding carboxylic acids is 1. The zero-order chi connectivity index (χ0) is 17.2. The zero-order valence-corrected chi connectivity index (χ0v) is 14.3. The third-order valence-electron chi connectivity index (χ3n) is 4.08. The molecule has 0 fully saturated rings. The van der Waals surface area contributed by atoms with Crippen molar-refractivity contribution in [1.82, 2.24) is 4.57 Å². The first-order chi connectivity index (χ1) is 12.2. The van der Waals surface area contributed by atoms with Gasteiger partial charge in [-0.15, -0.1) is 0 Å². The molecule has 1 amide bonds. The molecule has 2 heterocycles. The van der Waals surface area contributed by atoms with Crippen molar-refractivity contribution < 1.29 is 14.3 Å². The SMILES string of the molecule is O=C(Cn1ccc2ccc(Cl)cc21)Nc1ccc2c(c1)OCCCO2. The van der Waals surface area contributed by atoms with E-state index in [4.69, 9.17) is 21.1 Å². The van der Waals surface area contributed by atoms with Crippen molar-refractivity contribution in [2.24, 2.45) is 0 Å². The minimum atomic E-state index is -0.119. The van der Waals surface area contributed by atoms with Gasteiger partial charge in [0, 0.05) is 34.9 Å². The van der Waals surface area contributed by atoms with Gasteiger partial charge in [-0.3, -0.25) is 4.79 Å². The summed E-state index contributed by atoms with van der Waals surface area (Å²) in [6, 6.07) is 13.0. The first kappa shape index (κ1) is 15.8. The first-order valence-electron chi connectivity index (χ1n) is 8.13. The highest BCUT2D eigenvalue weighted by atomic mass is 35.5. The van der Waals surface area contributed by atoms with Crippen molar-refractivity contribution in [3.63, 3.8) is 0 Å². The predicted octanol–water partition coefficient (Wildman–Crippen LogP) is 4.09. The number of nitrogens with zero attached hydrogens (tertiary/aromatic N) is 1. The molecule has 1 aliphatic rings. The molecule has 0 atom stereocenters. The van der Waals surface area contributed by atoms with Gasteiger partial charge in [0.25, 0.3) is 0 Å². The highest BCUT2D eigenvalue weighted by Crippen LogP contribution is 2.32. The van der Waals surface area contributed by atoms with Crippen LogP contribution in [0.4, 0.5) is 5.69 Å². The second-order valence-corrected chi connectivity index (χ2v) is 6.34. The molecule has 5 nitrogen and oxygen atoms in total. The van der Waals surface area contributed by atoms with Gasteiger partial charge in [0.1, 0.15) is 6.54 Å². The van der Waals surface area contributed by atoms with Crippen LogP contribution in [0.5, 0.6) is 11.5 Å². The summed E-state index contributed by atoms with van der Waals surface area (Å²) in [6.07, 6.45) is 2.73. The normalized spacial score (nSPS) is 13.5. The fourth-order valence-corrected chi connectivity index (χ4v) is 3.06. The lowest BCUT2D eigenvalue weighted by Crippen LogP contribution is -2.18. The summed E-state index contributed by atoms with van der Waals surface area (Å²) in [4.78, 5) is 12.4. The van der Waals surface area contributed by atoms with E-state index in [0.29, 0.717) is 35.4 Å². The molecule has 3 aromatic rings. The number of ether oxygens (including phenoxy) is 2. The molecule has 1 aliphatic heterocycles. The summed E-state index contributed by atoms with van der Waals surface area (Å²) in [6.45, 7) is 1.46. The van der Waals surface area contributed by atoms with Gasteiger partial charge in [-0.1, -0.05) is 17.7 Å². The molecule has 6 heteroatoms. The van der Waals surface area contributed by atoms with E-state index in [1.54, 1.807) is 6.07 Å². The fraction of sp³-hybridized carbons (Fsp3) is 0.211. The van der Waals surface area contributed by atoms with E-state index >= 15 is 0 Å². The van der Waals surface area contributed by atoms with Crippen LogP contribution < -0.4 is 14.8 Å². The quantitative estimate of drug-likeness (QED) is 0.768. The Kier molecular flexibility index (Phi) is 4.24. The molecular formula is C19H17ClN2O3. The Morgan fingerprint density at radius 1 is 1.08 bits per heavy atom. The third-order valence-corrected chi connectivity index (χ3v) is 4.32. The van der Waals surface area contributed by atoms with E-state index in [1.165, 1.54) is 0 Å². The Labute approximate surface area is 150 Å². The summed E-state index contributed by atoms with van der Waals surface area (Å²) in [5, 5.41) is 4.60. The Morgan fingerprint density at radius 2 is 1.92 bits per heavy atom. The highest BCUT2D eigenvalue weighted by Gasteiger charge is 2.12. The number of hydrogen-bond acceptors (Lipinski definition) is 3. The molecule has 4 rings (SSSR count). The van der Waals surface area contributed by atoms with Crippen LogP contribution in [0, 0.1) is 0 Å². The van der Waals surface area contributed by atoms with Crippen LogP contribution >= 0.6 is 11.6 Å². The van der Waals surface area contributed by atoms with Crippen LogP contribution in [0.25, 0.3) is 10.9 Å². The van der Waals surface area contributed by atoms with Gasteiger partial charge in [0.05, 0.1) is 13.2 Å². The van der Waals surface area contributed by atoms with Crippen LogP contribution in [-0.4, -0.2) is 23.7 Å². The minimum absolute atomic E-state index is 0.119. The number of fused-ring (bicyclic) bond motifs is 2. The number of amides is 1. The van der Waals surface area contributed by atoms with Crippen LogP contribution in [-0.2, 0) is 11.3 Å². The van der Waals surface area contributed by atoms with Crippen LogP contribution in [0.1, 0.15) is 6.42 Å². The third kappa shape index (κ3) is 3.42. The molecule has 0 radical (unpaired) electrons. The van der Waals surface area contributed by atoms with Gasteiger partial charge >= 0.3 is 0 Å². The van der Waals surface area contributed by atoms with E-state index in [9.17, 15) is 4.79 Å². The second kappa shape index (κ2) is 6.69. The summed E-state index contributed by atoms with van der Waals surface area (Å²) < 4.78 is 13.1. The molecule has 1 aromatic heterocycles. The molecule has 0 saturated heterocycles. The maximum Gasteiger partial charge on any atom is 0.244 e. The largest absolute Gasteiger partial charge is 0.490 e. The van der Waals surface area contributed by atoms with E-state index < -0.39 is 0 Å². The van der Waals surface area contributed by atoms with Gasteiger partial charge < -0.3 is 19.4 Å². The number of halogens is 1. The molecule has 1 N–H and O–H groups in total. The highest BCUT2D eigenvalue weighted by molar-refractivity contribution is 6.31. The van der Waals surface area contributed by atoms with Crippen molar-refractivity contribution in [1.29, 1.82) is 0 Å². The van der Waals surface area contributed by atoms with Crippen molar-refractivity contribution >= 4 is 34.1 Å². The number of aromatic nitrogens is 1. The maximum absolute atomic E-state index is 12.4. The van der Waals surface area contributed by atoms with Crippen molar-refractivity contribution in [3.8, 4) is 11.5 Å². The van der Waals surface area contributed by atoms with Crippen molar-refractivity contribution in [3.05, 3.63) is 53.7 Å². The van der Waals surface area contributed by atoms with Gasteiger partial charge in [0.2, 0.25) is 5.91 Å². The predicted molar refractivity (Wildman–Crippen MR) is 97.6 cm³/mol. The van der Waals surface area contributed by atoms with E-state index in [2.05, 4.69) is 5.32 Å². The van der Waals surface area contributed by atoms with Gasteiger partial charge in [0.15, 0.2) is 11.5 Å². The zero-order valence-electron chi connectivity index (χ0n) is 13.5. The van der Waals surface area contributed by atoms with E-state index in [0.717, 1.165) is 17.3 Å². The van der Waals surface area contributed by atoms with E-state index in [-0.39, 0.29) is 12.5 Å². The molecule has 0 aliphatic carbocycles. The first-order valence-corrected chi connectivity index (χ1v) is 8.51. The summed E-state index contributed by atoms with van der Waals surface area (Å²) in [5.41, 5.74) is 1.62. The number of anilines is 1. The molecule has 128 valence electrons. The number of rotatable bonds is 3. The second-order valence-electron chi connectivity index (χ2n) is 5.91. The lowest BCUT2D eigenvalue weighted by atomic mass is 10.2. The summed E-state index contributed by atoms with van der Waals surface area (Å²) in [5.74, 6) is 1.25. The average Bonchev–Trinajstić information content (AvgIpc) is 2.83. The summed E-state index contributed by atoms with van der Waals surface area (Å²) >= 11 is 6.06. The van der Waals surface area contributed by atoms with E-state index in [1.807, 2.05) is 47.2 Å². The standard InChI is InChI=1S/C19H17ClN2O3/c20-14-3-2-13-6-7-22(16(13)10-14)12-19(23)21-15-4-5-17-18(11-15)25-9-1-8-24-17/h2-7,10-11H,1,8-9,12H2,(H,21,23). The van der Waals surface area contributed by atoms with Crippen LogP contribution in [0.3, 0.4) is 0 Å². The number of carbonyl (C=O) groups is 1. The summed E-state index contributed by atoms with van der Waals surface area (Å²) in [7, 11) is 0. The average molecular weight is 357 g/mol. The number of benzene rings is 2. The topological polar surface area (TPSA) is 52.5 Å². The molecule has 0 spiro atoms. The molecule has 0 bridgehead atoms.